The number of hydrogen-bond donors (Lipinski definition) is 1. The molecule has 7 nitrogen and oxygen atoms in total. The first-order valence-corrected chi connectivity index (χ1v) is 9.17. The summed E-state index contributed by atoms with van der Waals surface area (Å²) in [5, 5.41) is 20.8. The summed E-state index contributed by atoms with van der Waals surface area (Å²) in [6.45, 7) is 1.88. The van der Waals surface area contributed by atoms with E-state index >= 15 is 0 Å². The zero-order valence-electron chi connectivity index (χ0n) is 14.4. The van der Waals surface area contributed by atoms with Crippen molar-refractivity contribution in [3.8, 4) is 6.07 Å². The molecule has 2 heterocycles. The fourth-order valence-corrected chi connectivity index (χ4v) is 3.55. The molecule has 0 spiro atoms. The van der Waals surface area contributed by atoms with Gasteiger partial charge in [0.2, 0.25) is 5.91 Å². The number of para-hydroxylation sites is 2. The number of nitriles is 1. The summed E-state index contributed by atoms with van der Waals surface area (Å²) in [6, 6.07) is 16.6. The number of nitrogens with zero attached hydrogens (tertiary/aromatic N) is 5. The number of aryl methyl sites for hydroxylation is 1. The zero-order chi connectivity index (χ0) is 18.8. The number of anilines is 1. The van der Waals surface area contributed by atoms with Crippen LogP contribution in [-0.4, -0.2) is 31.2 Å². The Bertz CT molecular complexity index is 1210. The highest BCUT2D eigenvalue weighted by atomic mass is 32.2. The Morgan fingerprint density at radius 3 is 2.93 bits per heavy atom. The number of fused-ring (bicyclic) bond motifs is 3. The van der Waals surface area contributed by atoms with Gasteiger partial charge in [-0.05, 0) is 37.3 Å². The van der Waals surface area contributed by atoms with E-state index in [2.05, 4.69) is 26.6 Å². The van der Waals surface area contributed by atoms with E-state index < -0.39 is 0 Å². The molecule has 2 aromatic carbocycles. The van der Waals surface area contributed by atoms with Crippen LogP contribution >= 0.6 is 11.8 Å². The summed E-state index contributed by atoms with van der Waals surface area (Å²) in [4.78, 5) is 16.9. The largest absolute Gasteiger partial charge is 0.325 e. The lowest BCUT2D eigenvalue weighted by Gasteiger charge is -2.08. The van der Waals surface area contributed by atoms with Crippen molar-refractivity contribution in [2.45, 2.75) is 11.9 Å². The Balaban J connectivity index is 1.58. The van der Waals surface area contributed by atoms with Gasteiger partial charge in [0.1, 0.15) is 10.9 Å². The van der Waals surface area contributed by atoms with Crippen LogP contribution in [0.4, 0.5) is 5.69 Å². The fraction of sp³-hybridized carbons (Fsp3) is 0.105. The molecule has 2 aromatic heterocycles. The second kappa shape index (κ2) is 7.05. The molecule has 27 heavy (non-hydrogen) atoms. The molecule has 1 N–H and O–H groups in total. The molecule has 4 rings (SSSR count). The highest BCUT2D eigenvalue weighted by molar-refractivity contribution is 8.00. The van der Waals surface area contributed by atoms with Gasteiger partial charge in [-0.1, -0.05) is 30.0 Å². The number of carbonyl (C=O) groups is 1. The second-order valence-corrected chi connectivity index (χ2v) is 6.81. The molecular formula is C19H14N6OS. The highest BCUT2D eigenvalue weighted by Crippen LogP contribution is 2.25. The van der Waals surface area contributed by atoms with Gasteiger partial charge in [0.25, 0.3) is 0 Å². The van der Waals surface area contributed by atoms with Crippen LogP contribution in [0.15, 0.2) is 53.6 Å². The first-order chi connectivity index (χ1) is 13.2. The second-order valence-electron chi connectivity index (χ2n) is 5.84. The Labute approximate surface area is 159 Å². The number of amides is 1. The molecule has 4 aromatic rings. The number of hydrogen-bond acceptors (Lipinski definition) is 6. The SMILES string of the molecule is Cc1nnc2c(SCC(=O)Nc3cccc(C#N)c3)nc3ccccc3n12. The number of thioether (sulfide) groups is 1. The van der Waals surface area contributed by atoms with Gasteiger partial charge >= 0.3 is 0 Å². The normalized spacial score (nSPS) is 10.8. The van der Waals surface area contributed by atoms with Crippen molar-refractivity contribution in [2.24, 2.45) is 0 Å². The van der Waals surface area contributed by atoms with Gasteiger partial charge in [-0.25, -0.2) is 4.98 Å². The topological polar surface area (TPSA) is 96.0 Å². The Morgan fingerprint density at radius 2 is 2.07 bits per heavy atom. The molecule has 0 bridgehead atoms. The standard InChI is InChI=1S/C19H14N6OS/c1-12-23-24-18-19(22-15-7-2-3-8-16(15)25(12)18)27-11-17(26)21-14-6-4-5-13(9-14)10-20/h2-9H,11H2,1H3,(H,21,26). The van der Waals surface area contributed by atoms with E-state index in [4.69, 9.17) is 5.26 Å². The Kier molecular flexibility index (Phi) is 4.44. The maximum Gasteiger partial charge on any atom is 0.234 e. The third-order valence-electron chi connectivity index (χ3n) is 3.98. The molecule has 0 saturated carbocycles. The summed E-state index contributed by atoms with van der Waals surface area (Å²) < 4.78 is 1.94. The molecule has 0 aliphatic rings. The van der Waals surface area contributed by atoms with Gasteiger partial charge in [-0.2, -0.15) is 5.26 Å². The summed E-state index contributed by atoms with van der Waals surface area (Å²) in [5.41, 5.74) is 3.47. The van der Waals surface area contributed by atoms with E-state index in [9.17, 15) is 4.79 Å². The van der Waals surface area contributed by atoms with Crippen molar-refractivity contribution in [3.63, 3.8) is 0 Å². The van der Waals surface area contributed by atoms with E-state index in [-0.39, 0.29) is 11.7 Å². The van der Waals surface area contributed by atoms with Crippen LogP contribution < -0.4 is 5.32 Å². The van der Waals surface area contributed by atoms with Gasteiger partial charge in [-0.15, -0.1) is 10.2 Å². The average molecular weight is 374 g/mol. The molecule has 0 aliphatic carbocycles. The van der Waals surface area contributed by atoms with E-state index in [1.54, 1.807) is 24.3 Å². The maximum absolute atomic E-state index is 12.3. The van der Waals surface area contributed by atoms with E-state index in [0.29, 0.717) is 21.9 Å². The van der Waals surface area contributed by atoms with Crippen LogP contribution in [0.1, 0.15) is 11.4 Å². The van der Waals surface area contributed by atoms with Crippen molar-refractivity contribution in [2.75, 3.05) is 11.1 Å². The number of nitrogens with one attached hydrogen (secondary N) is 1. The predicted octanol–water partition coefficient (Wildman–Crippen LogP) is 3.19. The number of benzene rings is 2. The lowest BCUT2D eigenvalue weighted by Crippen LogP contribution is -2.14. The predicted molar refractivity (Wildman–Crippen MR) is 104 cm³/mol. The summed E-state index contributed by atoms with van der Waals surface area (Å²) in [7, 11) is 0. The minimum absolute atomic E-state index is 0.170. The summed E-state index contributed by atoms with van der Waals surface area (Å²) >= 11 is 1.30. The molecular weight excluding hydrogens is 360 g/mol. The van der Waals surface area contributed by atoms with Crippen LogP contribution in [0.2, 0.25) is 0 Å². The van der Waals surface area contributed by atoms with Gasteiger partial charge in [0, 0.05) is 5.69 Å². The van der Waals surface area contributed by atoms with Crippen molar-refractivity contribution in [3.05, 3.63) is 59.9 Å². The van der Waals surface area contributed by atoms with Crippen LogP contribution in [0.3, 0.4) is 0 Å². The summed E-state index contributed by atoms with van der Waals surface area (Å²) in [5.74, 6) is 0.756. The molecule has 1 amide bonds. The van der Waals surface area contributed by atoms with Gasteiger partial charge in [0.05, 0.1) is 28.4 Å². The Hall–Kier alpha value is -3.44. The number of carbonyl (C=O) groups excluding carboxylic acids is 1. The molecule has 0 aliphatic heterocycles. The minimum Gasteiger partial charge on any atom is -0.325 e. The van der Waals surface area contributed by atoms with Crippen molar-refractivity contribution in [1.82, 2.24) is 19.6 Å². The number of aromatic nitrogens is 4. The van der Waals surface area contributed by atoms with Crippen LogP contribution in [0, 0.1) is 18.3 Å². The summed E-state index contributed by atoms with van der Waals surface area (Å²) in [6.07, 6.45) is 0. The lowest BCUT2D eigenvalue weighted by atomic mass is 10.2. The molecule has 0 unspecified atom stereocenters. The maximum atomic E-state index is 12.3. The molecule has 8 heteroatoms. The van der Waals surface area contributed by atoms with Gasteiger partial charge in [0.15, 0.2) is 5.65 Å². The molecule has 0 fully saturated rings. The van der Waals surface area contributed by atoms with E-state index in [1.165, 1.54) is 11.8 Å². The van der Waals surface area contributed by atoms with Gasteiger partial charge < -0.3 is 5.32 Å². The third-order valence-corrected chi connectivity index (χ3v) is 4.93. The number of rotatable bonds is 4. The monoisotopic (exact) mass is 374 g/mol. The first kappa shape index (κ1) is 17.0. The van der Waals surface area contributed by atoms with Gasteiger partial charge in [-0.3, -0.25) is 9.20 Å². The fourth-order valence-electron chi connectivity index (χ4n) is 2.79. The van der Waals surface area contributed by atoms with Crippen LogP contribution in [-0.2, 0) is 4.79 Å². The Morgan fingerprint density at radius 1 is 1.22 bits per heavy atom. The average Bonchev–Trinajstić information content (AvgIpc) is 3.08. The molecule has 0 saturated heterocycles. The smallest absolute Gasteiger partial charge is 0.234 e. The molecule has 0 radical (unpaired) electrons. The van der Waals surface area contributed by atoms with Crippen LogP contribution in [0.5, 0.6) is 0 Å². The lowest BCUT2D eigenvalue weighted by molar-refractivity contribution is -0.113. The van der Waals surface area contributed by atoms with Crippen molar-refractivity contribution < 1.29 is 4.79 Å². The molecule has 0 atom stereocenters. The van der Waals surface area contributed by atoms with Crippen molar-refractivity contribution >= 4 is 40.0 Å². The first-order valence-electron chi connectivity index (χ1n) is 8.19. The zero-order valence-corrected chi connectivity index (χ0v) is 15.2. The van der Waals surface area contributed by atoms with E-state index in [0.717, 1.165) is 16.9 Å². The third kappa shape index (κ3) is 3.32. The van der Waals surface area contributed by atoms with E-state index in [1.807, 2.05) is 35.6 Å². The van der Waals surface area contributed by atoms with Crippen LogP contribution in [0.25, 0.3) is 16.7 Å². The minimum atomic E-state index is -0.181. The van der Waals surface area contributed by atoms with Crippen molar-refractivity contribution in [1.29, 1.82) is 5.26 Å². The quantitative estimate of drug-likeness (QED) is 0.551. The molecule has 132 valence electrons. The highest BCUT2D eigenvalue weighted by Gasteiger charge is 2.14.